The van der Waals surface area contributed by atoms with E-state index in [-0.39, 0.29) is 30.2 Å². The Hall–Kier alpha value is -3.03. The average molecular weight is 460 g/mol. The van der Waals surface area contributed by atoms with Crippen LogP contribution >= 0.6 is 0 Å². The van der Waals surface area contributed by atoms with E-state index in [9.17, 15) is 14.4 Å². The number of hydrogen-bond donors (Lipinski definition) is 1. The van der Waals surface area contributed by atoms with E-state index in [1.807, 2.05) is 6.07 Å². The van der Waals surface area contributed by atoms with Crippen LogP contribution in [0, 0.1) is 0 Å². The Morgan fingerprint density at radius 3 is 2.71 bits per heavy atom. The summed E-state index contributed by atoms with van der Waals surface area (Å²) >= 11 is 0. The van der Waals surface area contributed by atoms with E-state index in [2.05, 4.69) is 52.7 Å². The SMILES string of the molecule is O=C1CCC(N2Cc3cc(C4CC5CN(Cc6ccccc6)[C@H](CO5)C4)ccc3C2=O)C(=O)N1. The zero-order chi connectivity index (χ0) is 23.2. The van der Waals surface area contributed by atoms with Crippen LogP contribution in [-0.4, -0.2) is 58.9 Å². The molecule has 5 aliphatic rings. The number of benzene rings is 2. The van der Waals surface area contributed by atoms with Crippen LogP contribution in [0.15, 0.2) is 48.5 Å². The monoisotopic (exact) mass is 459 g/mol. The minimum Gasteiger partial charge on any atom is -0.375 e. The lowest BCUT2D eigenvalue weighted by Gasteiger charge is -2.36. The Balaban J connectivity index is 1.19. The molecule has 4 saturated heterocycles. The van der Waals surface area contributed by atoms with Crippen molar-refractivity contribution in [1.82, 2.24) is 15.1 Å². The fourth-order valence-corrected chi connectivity index (χ4v) is 6.05. The molecule has 0 aromatic heterocycles. The summed E-state index contributed by atoms with van der Waals surface area (Å²) in [6, 6.07) is 16.6. The predicted octanol–water partition coefficient (Wildman–Crippen LogP) is 2.59. The molecule has 7 nitrogen and oxygen atoms in total. The van der Waals surface area contributed by atoms with Gasteiger partial charge in [-0.05, 0) is 47.9 Å². The molecular weight excluding hydrogens is 430 g/mol. The highest BCUT2D eigenvalue weighted by molar-refractivity contribution is 6.05. The zero-order valence-electron chi connectivity index (χ0n) is 19.1. The first kappa shape index (κ1) is 21.5. The largest absolute Gasteiger partial charge is 0.375 e. The number of rotatable bonds is 4. The number of fused-ring (bicyclic) bond motifs is 5. The lowest BCUT2D eigenvalue weighted by molar-refractivity contribution is -0.136. The Labute approximate surface area is 199 Å². The fraction of sp³-hybridized carbons (Fsp3) is 0.444. The van der Waals surface area contributed by atoms with Gasteiger partial charge in [0.2, 0.25) is 11.8 Å². The molecule has 176 valence electrons. The van der Waals surface area contributed by atoms with Crippen LogP contribution in [0.3, 0.4) is 0 Å². The van der Waals surface area contributed by atoms with E-state index >= 15 is 0 Å². The molecule has 7 rings (SSSR count). The minimum atomic E-state index is -0.574. The third-order valence-electron chi connectivity index (χ3n) is 7.83. The number of amides is 3. The molecule has 3 amide bonds. The molecule has 2 bridgehead atoms. The van der Waals surface area contributed by atoms with Crippen molar-refractivity contribution >= 4 is 17.7 Å². The molecule has 0 saturated carbocycles. The molecule has 4 atom stereocenters. The van der Waals surface area contributed by atoms with Gasteiger partial charge in [-0.1, -0.05) is 42.5 Å². The molecule has 2 aromatic carbocycles. The van der Waals surface area contributed by atoms with Gasteiger partial charge in [0.25, 0.3) is 5.91 Å². The van der Waals surface area contributed by atoms with Crippen molar-refractivity contribution in [2.24, 2.45) is 0 Å². The number of nitrogens with one attached hydrogen (secondary N) is 1. The van der Waals surface area contributed by atoms with Crippen LogP contribution in [0.5, 0.6) is 0 Å². The molecular formula is C27H29N3O4. The van der Waals surface area contributed by atoms with Crippen LogP contribution in [0.1, 0.15) is 58.6 Å². The highest BCUT2D eigenvalue weighted by Gasteiger charge is 2.40. The number of morpholine rings is 1. The van der Waals surface area contributed by atoms with E-state index in [4.69, 9.17) is 4.74 Å². The Kier molecular flexibility index (Phi) is 5.46. The summed E-state index contributed by atoms with van der Waals surface area (Å²) in [6.45, 7) is 3.08. The number of nitrogens with zero attached hydrogens (tertiary/aromatic N) is 2. The predicted molar refractivity (Wildman–Crippen MR) is 125 cm³/mol. The standard InChI is InChI=1S/C27H29N3O4/c31-25-9-8-24(26(32)28-25)30-14-20-10-18(6-7-23(20)27(30)33)19-11-21-16-34-22(12-19)15-29(21)13-17-4-2-1-3-5-17/h1-7,10,19,21-22,24H,8-9,11-16H2,(H,28,31,32)/t19?,21-,22?,24?/m0/s1. The van der Waals surface area contributed by atoms with Gasteiger partial charge in [0, 0.05) is 37.7 Å². The number of hydrogen-bond acceptors (Lipinski definition) is 5. The summed E-state index contributed by atoms with van der Waals surface area (Å²) in [5.74, 6) is -0.370. The second-order valence-electron chi connectivity index (χ2n) is 10.0. The molecule has 7 heteroatoms. The van der Waals surface area contributed by atoms with Crippen LogP contribution in [-0.2, 0) is 27.4 Å². The van der Waals surface area contributed by atoms with E-state index < -0.39 is 6.04 Å². The summed E-state index contributed by atoms with van der Waals surface area (Å²) in [4.78, 5) is 41.1. The van der Waals surface area contributed by atoms with Gasteiger partial charge in [-0.2, -0.15) is 0 Å². The van der Waals surface area contributed by atoms with Crippen molar-refractivity contribution in [3.8, 4) is 0 Å². The highest BCUT2D eigenvalue weighted by atomic mass is 16.5. The first-order chi connectivity index (χ1) is 16.5. The average Bonchev–Trinajstić information content (AvgIpc) is 2.97. The van der Waals surface area contributed by atoms with Crippen molar-refractivity contribution < 1.29 is 19.1 Å². The molecule has 34 heavy (non-hydrogen) atoms. The summed E-state index contributed by atoms with van der Waals surface area (Å²) in [6.07, 6.45) is 2.88. The van der Waals surface area contributed by atoms with Gasteiger partial charge < -0.3 is 9.64 Å². The molecule has 0 aliphatic carbocycles. The number of imide groups is 1. The number of piperidine rings is 1. The fourth-order valence-electron chi connectivity index (χ4n) is 6.05. The van der Waals surface area contributed by atoms with Crippen molar-refractivity contribution in [3.05, 3.63) is 70.8 Å². The van der Waals surface area contributed by atoms with E-state index in [0.29, 0.717) is 30.5 Å². The molecule has 1 N–H and O–H groups in total. The lowest BCUT2D eigenvalue weighted by Crippen LogP contribution is -2.52. The Morgan fingerprint density at radius 1 is 1.03 bits per heavy atom. The number of carbonyl (C=O) groups is 3. The van der Waals surface area contributed by atoms with Gasteiger partial charge in [0.15, 0.2) is 0 Å². The minimum absolute atomic E-state index is 0.116. The van der Waals surface area contributed by atoms with Gasteiger partial charge in [-0.25, -0.2) is 0 Å². The molecule has 3 unspecified atom stereocenters. The van der Waals surface area contributed by atoms with E-state index in [1.165, 1.54) is 11.1 Å². The number of carbonyl (C=O) groups excluding carboxylic acids is 3. The summed E-state index contributed by atoms with van der Waals surface area (Å²) < 4.78 is 6.17. The highest BCUT2D eigenvalue weighted by Crippen LogP contribution is 2.38. The summed E-state index contributed by atoms with van der Waals surface area (Å²) in [7, 11) is 0. The van der Waals surface area contributed by atoms with Crippen LogP contribution < -0.4 is 5.32 Å². The van der Waals surface area contributed by atoms with Crippen molar-refractivity contribution in [2.45, 2.75) is 62.9 Å². The van der Waals surface area contributed by atoms with Crippen molar-refractivity contribution in [1.29, 1.82) is 0 Å². The van der Waals surface area contributed by atoms with Gasteiger partial charge in [-0.15, -0.1) is 0 Å². The maximum Gasteiger partial charge on any atom is 0.255 e. The molecule has 0 spiro atoms. The maximum atomic E-state index is 13.0. The van der Waals surface area contributed by atoms with Crippen LogP contribution in [0.2, 0.25) is 0 Å². The van der Waals surface area contributed by atoms with Crippen LogP contribution in [0.25, 0.3) is 0 Å². The lowest BCUT2D eigenvalue weighted by atomic mass is 9.88. The van der Waals surface area contributed by atoms with Crippen molar-refractivity contribution in [2.75, 3.05) is 13.2 Å². The maximum absolute atomic E-state index is 13.0. The van der Waals surface area contributed by atoms with Gasteiger partial charge >= 0.3 is 0 Å². The number of ether oxygens (including phenoxy) is 1. The van der Waals surface area contributed by atoms with Crippen molar-refractivity contribution in [3.63, 3.8) is 0 Å². The third kappa shape index (κ3) is 3.93. The molecule has 2 aromatic rings. The second-order valence-corrected chi connectivity index (χ2v) is 10.0. The van der Waals surface area contributed by atoms with Gasteiger partial charge in [-0.3, -0.25) is 24.6 Å². The molecule has 0 radical (unpaired) electrons. The third-order valence-corrected chi connectivity index (χ3v) is 7.83. The zero-order valence-corrected chi connectivity index (χ0v) is 19.1. The summed E-state index contributed by atoms with van der Waals surface area (Å²) in [5.41, 5.74) is 4.23. The Bertz CT molecular complexity index is 1130. The first-order valence-corrected chi connectivity index (χ1v) is 12.2. The van der Waals surface area contributed by atoms with Gasteiger partial charge in [0.1, 0.15) is 6.04 Å². The van der Waals surface area contributed by atoms with Crippen LogP contribution in [0.4, 0.5) is 0 Å². The summed E-state index contributed by atoms with van der Waals surface area (Å²) in [5, 5.41) is 2.37. The topological polar surface area (TPSA) is 79.0 Å². The smallest absolute Gasteiger partial charge is 0.255 e. The molecule has 5 aliphatic heterocycles. The van der Waals surface area contributed by atoms with E-state index in [0.717, 1.165) is 38.1 Å². The normalized spacial score (nSPS) is 29.2. The molecule has 4 fully saturated rings. The second kappa shape index (κ2) is 8.64. The quantitative estimate of drug-likeness (QED) is 0.711. The Morgan fingerprint density at radius 2 is 1.88 bits per heavy atom. The van der Waals surface area contributed by atoms with E-state index in [1.54, 1.807) is 4.90 Å². The van der Waals surface area contributed by atoms with Gasteiger partial charge in [0.05, 0.1) is 12.7 Å². The molecule has 5 heterocycles. The first-order valence-electron chi connectivity index (χ1n) is 12.2.